The quantitative estimate of drug-likeness (QED) is 0.520. The number of rotatable bonds is 3. The van der Waals surface area contributed by atoms with Gasteiger partial charge in [-0.1, -0.05) is 28.1 Å². The highest BCUT2D eigenvalue weighted by Crippen LogP contribution is 2.50. The van der Waals surface area contributed by atoms with Crippen LogP contribution in [0.25, 0.3) is 0 Å². The van der Waals surface area contributed by atoms with Crippen molar-refractivity contribution in [3.8, 4) is 6.07 Å². The maximum absolute atomic E-state index is 13.3. The van der Waals surface area contributed by atoms with Crippen molar-refractivity contribution < 1.29 is 14.3 Å². The number of ether oxygens (including phenoxy) is 1. The SMILES string of the molecule is COC(=O)c1c(N2C(N)=C(C#N)[C@H](c3ccc(Br)cc3)C3=C2CCCC3=O)sc2c1CCCC2. The first-order chi connectivity index (χ1) is 16.5. The van der Waals surface area contributed by atoms with Crippen molar-refractivity contribution in [3.05, 3.63) is 73.0 Å². The molecule has 0 saturated carbocycles. The largest absolute Gasteiger partial charge is 0.465 e. The van der Waals surface area contributed by atoms with Crippen LogP contribution in [0.15, 0.2) is 51.4 Å². The van der Waals surface area contributed by atoms with E-state index in [2.05, 4.69) is 22.0 Å². The van der Waals surface area contributed by atoms with Gasteiger partial charge in [0.05, 0.1) is 30.2 Å². The summed E-state index contributed by atoms with van der Waals surface area (Å²) in [7, 11) is 1.38. The van der Waals surface area contributed by atoms with E-state index in [4.69, 9.17) is 10.5 Å². The van der Waals surface area contributed by atoms with Gasteiger partial charge < -0.3 is 10.5 Å². The van der Waals surface area contributed by atoms with Crippen molar-refractivity contribution in [2.75, 3.05) is 12.0 Å². The molecular formula is C26H24BrN3O3S. The molecular weight excluding hydrogens is 514 g/mol. The van der Waals surface area contributed by atoms with E-state index in [-0.39, 0.29) is 11.6 Å². The summed E-state index contributed by atoms with van der Waals surface area (Å²) in [4.78, 5) is 29.3. The van der Waals surface area contributed by atoms with Crippen molar-refractivity contribution in [1.82, 2.24) is 0 Å². The van der Waals surface area contributed by atoms with E-state index >= 15 is 0 Å². The Morgan fingerprint density at radius 2 is 1.91 bits per heavy atom. The van der Waals surface area contributed by atoms with E-state index in [1.807, 2.05) is 29.2 Å². The van der Waals surface area contributed by atoms with Crippen LogP contribution in [0, 0.1) is 11.3 Å². The minimum atomic E-state index is -0.520. The Labute approximate surface area is 210 Å². The number of thiophene rings is 1. The number of hydrogen-bond acceptors (Lipinski definition) is 7. The molecule has 6 nitrogen and oxygen atoms in total. The molecule has 3 aliphatic rings. The van der Waals surface area contributed by atoms with Gasteiger partial charge in [-0.05, 0) is 61.8 Å². The van der Waals surface area contributed by atoms with E-state index in [1.165, 1.54) is 18.4 Å². The Hall–Kier alpha value is -2.89. The predicted molar refractivity (Wildman–Crippen MR) is 134 cm³/mol. The molecule has 174 valence electrons. The van der Waals surface area contributed by atoms with Crippen LogP contribution < -0.4 is 10.6 Å². The van der Waals surface area contributed by atoms with Gasteiger partial charge in [0.1, 0.15) is 10.8 Å². The van der Waals surface area contributed by atoms with Crippen molar-refractivity contribution >= 4 is 44.0 Å². The molecule has 0 fully saturated rings. The minimum Gasteiger partial charge on any atom is -0.465 e. The lowest BCUT2D eigenvalue weighted by Gasteiger charge is -2.39. The van der Waals surface area contributed by atoms with Crippen LogP contribution in [0.4, 0.5) is 5.00 Å². The molecule has 0 bridgehead atoms. The molecule has 1 aromatic heterocycles. The Morgan fingerprint density at radius 1 is 1.18 bits per heavy atom. The first-order valence-electron chi connectivity index (χ1n) is 11.4. The van der Waals surface area contributed by atoms with Crippen LogP contribution in [-0.2, 0) is 22.4 Å². The van der Waals surface area contributed by atoms with Gasteiger partial charge in [0.25, 0.3) is 0 Å². The lowest BCUT2D eigenvalue weighted by atomic mass is 9.75. The van der Waals surface area contributed by atoms with Crippen molar-refractivity contribution in [3.63, 3.8) is 0 Å². The molecule has 5 rings (SSSR count). The average Bonchev–Trinajstić information content (AvgIpc) is 3.22. The van der Waals surface area contributed by atoms with Gasteiger partial charge in [-0.15, -0.1) is 11.3 Å². The summed E-state index contributed by atoms with van der Waals surface area (Å²) in [5.74, 6) is -0.610. The van der Waals surface area contributed by atoms with E-state index < -0.39 is 11.9 Å². The summed E-state index contributed by atoms with van der Waals surface area (Å²) in [6, 6.07) is 9.95. The molecule has 2 heterocycles. The molecule has 0 spiro atoms. The molecule has 1 aromatic carbocycles. The number of nitriles is 1. The Balaban J connectivity index is 1.77. The van der Waals surface area contributed by atoms with Crippen LogP contribution in [0.1, 0.15) is 64.4 Å². The maximum atomic E-state index is 13.3. The number of halogens is 1. The van der Waals surface area contributed by atoms with E-state index in [0.717, 1.165) is 51.9 Å². The number of carbonyl (C=O) groups excluding carboxylic acids is 2. The first-order valence-corrected chi connectivity index (χ1v) is 13.0. The smallest absolute Gasteiger partial charge is 0.341 e. The fourth-order valence-corrected chi connectivity index (χ4v) is 7.01. The molecule has 0 amide bonds. The normalized spacial score (nSPS) is 20.1. The number of methoxy groups -OCH3 is 1. The third-order valence-electron chi connectivity index (χ3n) is 6.86. The first kappa shape index (κ1) is 22.9. The van der Waals surface area contributed by atoms with Gasteiger partial charge in [0.15, 0.2) is 5.78 Å². The number of hydrogen-bond donors (Lipinski definition) is 1. The standard InChI is InChI=1S/C26H24BrN3O3S/c1-33-26(32)22-16-5-2-3-8-20(16)34-25(22)30-18-6-4-7-19(31)23(18)21(17(13-28)24(30)29)14-9-11-15(27)12-10-14/h9-12,21H,2-8,29H2,1H3/t21-/m0/s1. The fourth-order valence-electron chi connectivity index (χ4n) is 5.33. The summed E-state index contributed by atoms with van der Waals surface area (Å²) in [5, 5.41) is 10.9. The van der Waals surface area contributed by atoms with Gasteiger partial charge in [-0.3, -0.25) is 9.69 Å². The highest BCUT2D eigenvalue weighted by atomic mass is 79.9. The molecule has 1 aliphatic heterocycles. The third-order valence-corrected chi connectivity index (χ3v) is 8.67. The summed E-state index contributed by atoms with van der Waals surface area (Å²) in [6.07, 6.45) is 5.58. The molecule has 0 unspecified atom stereocenters. The predicted octanol–water partition coefficient (Wildman–Crippen LogP) is 5.48. The van der Waals surface area contributed by atoms with Crippen LogP contribution in [0.2, 0.25) is 0 Å². The number of benzene rings is 1. The van der Waals surface area contributed by atoms with Gasteiger partial charge >= 0.3 is 5.97 Å². The third kappa shape index (κ3) is 3.58. The zero-order chi connectivity index (χ0) is 24.0. The molecule has 2 aromatic rings. The second-order valence-corrected chi connectivity index (χ2v) is 10.7. The highest BCUT2D eigenvalue weighted by molar-refractivity contribution is 9.10. The van der Waals surface area contributed by atoms with Crippen molar-refractivity contribution in [2.24, 2.45) is 5.73 Å². The molecule has 0 saturated heterocycles. The molecule has 8 heteroatoms. The van der Waals surface area contributed by atoms with Crippen LogP contribution >= 0.6 is 27.3 Å². The lowest BCUT2D eigenvalue weighted by molar-refractivity contribution is -0.116. The second kappa shape index (κ2) is 9.05. The number of carbonyl (C=O) groups is 2. The molecule has 1 atom stereocenters. The number of nitrogens with two attached hydrogens (primary N) is 1. The average molecular weight is 538 g/mol. The molecule has 34 heavy (non-hydrogen) atoms. The van der Waals surface area contributed by atoms with Crippen LogP contribution in [-0.4, -0.2) is 18.9 Å². The number of Topliss-reactive ketones (excluding diaryl/α,β-unsaturated/α-hetero) is 1. The number of aryl methyl sites for hydroxylation is 1. The van der Waals surface area contributed by atoms with Gasteiger partial charge in [0.2, 0.25) is 0 Å². The monoisotopic (exact) mass is 537 g/mol. The lowest BCUT2D eigenvalue weighted by Crippen LogP contribution is -2.39. The number of fused-ring (bicyclic) bond motifs is 1. The number of nitrogens with zero attached hydrogens (tertiary/aromatic N) is 2. The van der Waals surface area contributed by atoms with Crippen LogP contribution in [0.5, 0.6) is 0 Å². The fraction of sp³-hybridized carbons (Fsp3) is 0.346. The second-order valence-electron chi connectivity index (χ2n) is 8.75. The van der Waals surface area contributed by atoms with E-state index in [9.17, 15) is 14.9 Å². The molecule has 0 radical (unpaired) electrons. The minimum absolute atomic E-state index is 0.0281. The van der Waals surface area contributed by atoms with Gasteiger partial charge in [-0.25, -0.2) is 4.79 Å². The summed E-state index contributed by atoms with van der Waals surface area (Å²) < 4.78 is 6.09. The Bertz CT molecular complexity index is 1300. The highest BCUT2D eigenvalue weighted by Gasteiger charge is 2.42. The number of allylic oxidation sites excluding steroid dienone is 3. The van der Waals surface area contributed by atoms with Crippen molar-refractivity contribution in [2.45, 2.75) is 50.9 Å². The van der Waals surface area contributed by atoms with E-state index in [1.54, 1.807) is 0 Å². The van der Waals surface area contributed by atoms with Crippen LogP contribution in [0.3, 0.4) is 0 Å². The van der Waals surface area contributed by atoms with Gasteiger partial charge in [0, 0.05) is 27.0 Å². The summed E-state index contributed by atoms with van der Waals surface area (Å²) in [6.45, 7) is 0. The van der Waals surface area contributed by atoms with Gasteiger partial charge in [-0.2, -0.15) is 5.26 Å². The Kier molecular flexibility index (Phi) is 6.09. The summed E-state index contributed by atoms with van der Waals surface area (Å²) >= 11 is 4.99. The number of ketones is 1. The Morgan fingerprint density at radius 3 is 2.62 bits per heavy atom. The zero-order valence-corrected chi connectivity index (χ0v) is 21.2. The number of esters is 1. The zero-order valence-electron chi connectivity index (χ0n) is 18.8. The maximum Gasteiger partial charge on any atom is 0.341 e. The molecule has 2 aliphatic carbocycles. The number of anilines is 1. The molecule has 2 N–H and O–H groups in total. The topological polar surface area (TPSA) is 96.4 Å². The summed E-state index contributed by atoms with van der Waals surface area (Å²) in [5.41, 5.74) is 10.9. The van der Waals surface area contributed by atoms with Crippen molar-refractivity contribution in [1.29, 1.82) is 5.26 Å². The van der Waals surface area contributed by atoms with E-state index in [0.29, 0.717) is 41.0 Å².